The average molecular weight is 237 g/mol. The number of benzene rings is 1. The Balaban J connectivity index is 2.36. The molecule has 1 aromatic carbocycles. The highest BCUT2D eigenvalue weighted by atomic mass is 16.5. The second-order valence-electron chi connectivity index (χ2n) is 4.35. The first-order valence-electron chi connectivity index (χ1n) is 5.85. The van der Waals surface area contributed by atoms with E-state index in [0.717, 1.165) is 24.4 Å². The fourth-order valence-corrected chi connectivity index (χ4v) is 2.29. The fraction of sp³-hybridized carbons (Fsp3) is 0.538. The maximum absolute atomic E-state index is 10.7. The van der Waals surface area contributed by atoms with E-state index in [1.165, 1.54) is 0 Å². The summed E-state index contributed by atoms with van der Waals surface area (Å²) in [5, 5.41) is 13.9. The minimum atomic E-state index is -0.789. The van der Waals surface area contributed by atoms with Gasteiger partial charge >= 0.3 is 0 Å². The summed E-state index contributed by atoms with van der Waals surface area (Å²) in [6, 6.07) is 5.57. The van der Waals surface area contributed by atoms with Crippen LogP contribution in [0.2, 0.25) is 0 Å². The van der Waals surface area contributed by atoms with Gasteiger partial charge in [0.1, 0.15) is 11.5 Å². The summed E-state index contributed by atoms with van der Waals surface area (Å²) in [4.78, 5) is 0. The lowest BCUT2D eigenvalue weighted by Gasteiger charge is -2.34. The van der Waals surface area contributed by atoms with Gasteiger partial charge in [-0.2, -0.15) is 0 Å². The van der Waals surface area contributed by atoms with Gasteiger partial charge in [-0.3, -0.25) is 0 Å². The third-order valence-corrected chi connectivity index (χ3v) is 3.34. The summed E-state index contributed by atoms with van der Waals surface area (Å²) < 4.78 is 10.5. The molecule has 0 unspecified atom stereocenters. The van der Waals surface area contributed by atoms with Crippen LogP contribution in [0, 0.1) is 0 Å². The molecule has 0 radical (unpaired) electrons. The van der Waals surface area contributed by atoms with Crippen molar-refractivity contribution in [2.75, 3.05) is 27.3 Å². The van der Waals surface area contributed by atoms with E-state index < -0.39 is 5.60 Å². The van der Waals surface area contributed by atoms with Crippen LogP contribution in [0.25, 0.3) is 0 Å². The lowest BCUT2D eigenvalue weighted by Crippen LogP contribution is -2.39. The Morgan fingerprint density at radius 2 is 1.88 bits per heavy atom. The molecule has 2 rings (SSSR count). The molecule has 0 amide bonds. The van der Waals surface area contributed by atoms with Crippen LogP contribution in [0.5, 0.6) is 11.5 Å². The lowest BCUT2D eigenvalue weighted by molar-refractivity contribution is 0.00389. The summed E-state index contributed by atoms with van der Waals surface area (Å²) in [7, 11) is 3.23. The van der Waals surface area contributed by atoms with Crippen LogP contribution in [0.1, 0.15) is 18.4 Å². The molecule has 0 aliphatic carbocycles. The molecule has 0 saturated carbocycles. The normalized spacial score (nSPS) is 18.8. The molecule has 1 heterocycles. The largest absolute Gasteiger partial charge is 0.497 e. The number of hydrogen-bond acceptors (Lipinski definition) is 4. The zero-order chi connectivity index (χ0) is 12.3. The first-order valence-corrected chi connectivity index (χ1v) is 5.85. The van der Waals surface area contributed by atoms with Gasteiger partial charge in [-0.15, -0.1) is 0 Å². The van der Waals surface area contributed by atoms with Gasteiger partial charge in [0.15, 0.2) is 0 Å². The lowest BCUT2D eigenvalue weighted by atomic mass is 9.84. The molecule has 0 spiro atoms. The van der Waals surface area contributed by atoms with E-state index in [2.05, 4.69) is 5.32 Å². The van der Waals surface area contributed by atoms with Gasteiger partial charge < -0.3 is 19.9 Å². The molecule has 4 heteroatoms. The molecule has 1 saturated heterocycles. The summed E-state index contributed by atoms with van der Waals surface area (Å²) in [6.07, 6.45) is 1.41. The van der Waals surface area contributed by atoms with Crippen molar-refractivity contribution in [2.24, 2.45) is 0 Å². The van der Waals surface area contributed by atoms with Gasteiger partial charge in [0, 0.05) is 11.6 Å². The molecular formula is C13H19NO3. The maximum atomic E-state index is 10.7. The zero-order valence-corrected chi connectivity index (χ0v) is 10.3. The summed E-state index contributed by atoms with van der Waals surface area (Å²) >= 11 is 0. The van der Waals surface area contributed by atoms with Crippen LogP contribution in [0.3, 0.4) is 0 Å². The second-order valence-corrected chi connectivity index (χ2v) is 4.35. The molecule has 1 aliphatic heterocycles. The Kier molecular flexibility index (Phi) is 3.54. The Bertz CT molecular complexity index is 386. The van der Waals surface area contributed by atoms with E-state index in [1.54, 1.807) is 14.2 Å². The Morgan fingerprint density at radius 3 is 2.47 bits per heavy atom. The topological polar surface area (TPSA) is 50.7 Å². The van der Waals surface area contributed by atoms with Crippen molar-refractivity contribution in [2.45, 2.75) is 18.4 Å². The number of nitrogens with one attached hydrogen (secondary N) is 1. The number of ether oxygens (including phenoxy) is 2. The molecular weight excluding hydrogens is 218 g/mol. The third kappa shape index (κ3) is 2.37. The highest BCUT2D eigenvalue weighted by Gasteiger charge is 2.33. The Labute approximate surface area is 102 Å². The molecule has 1 aliphatic rings. The van der Waals surface area contributed by atoms with Crippen molar-refractivity contribution in [3.8, 4) is 11.5 Å². The average Bonchev–Trinajstić information content (AvgIpc) is 2.38. The van der Waals surface area contributed by atoms with Crippen LogP contribution in [0.15, 0.2) is 18.2 Å². The standard InChI is InChI=1S/C13H19NO3/c1-16-10-3-4-11(12(9-10)17-2)13(15)5-7-14-8-6-13/h3-4,9,14-15H,5-8H2,1-2H3. The summed E-state index contributed by atoms with van der Waals surface area (Å²) in [6.45, 7) is 1.65. The van der Waals surface area contributed by atoms with Gasteiger partial charge in [-0.1, -0.05) is 0 Å². The minimum Gasteiger partial charge on any atom is -0.497 e. The Morgan fingerprint density at radius 1 is 1.18 bits per heavy atom. The van der Waals surface area contributed by atoms with Crippen molar-refractivity contribution < 1.29 is 14.6 Å². The van der Waals surface area contributed by atoms with Crippen molar-refractivity contribution in [3.05, 3.63) is 23.8 Å². The van der Waals surface area contributed by atoms with E-state index in [1.807, 2.05) is 18.2 Å². The molecule has 0 atom stereocenters. The molecule has 2 N–H and O–H groups in total. The number of rotatable bonds is 3. The summed E-state index contributed by atoms with van der Waals surface area (Å²) in [5.41, 5.74) is 0.0605. The monoisotopic (exact) mass is 237 g/mol. The van der Waals surface area contributed by atoms with E-state index in [-0.39, 0.29) is 0 Å². The number of aliphatic hydroxyl groups is 1. The van der Waals surface area contributed by atoms with Crippen molar-refractivity contribution in [3.63, 3.8) is 0 Å². The van der Waals surface area contributed by atoms with Gasteiger partial charge in [-0.05, 0) is 38.1 Å². The van der Waals surface area contributed by atoms with Gasteiger partial charge in [0.25, 0.3) is 0 Å². The number of methoxy groups -OCH3 is 2. The van der Waals surface area contributed by atoms with E-state index in [9.17, 15) is 5.11 Å². The number of hydrogen-bond donors (Lipinski definition) is 2. The highest BCUT2D eigenvalue weighted by molar-refractivity contribution is 5.44. The predicted molar refractivity (Wildman–Crippen MR) is 65.5 cm³/mol. The van der Waals surface area contributed by atoms with E-state index in [0.29, 0.717) is 18.6 Å². The summed E-state index contributed by atoms with van der Waals surface area (Å²) in [5.74, 6) is 1.43. The molecule has 94 valence electrons. The van der Waals surface area contributed by atoms with Gasteiger partial charge in [-0.25, -0.2) is 0 Å². The molecule has 0 bridgehead atoms. The predicted octanol–water partition coefficient (Wildman–Crippen LogP) is 1.27. The molecule has 4 nitrogen and oxygen atoms in total. The van der Waals surface area contributed by atoms with Crippen LogP contribution < -0.4 is 14.8 Å². The van der Waals surface area contributed by atoms with Crippen molar-refractivity contribution in [1.29, 1.82) is 0 Å². The quantitative estimate of drug-likeness (QED) is 0.831. The van der Waals surface area contributed by atoms with Crippen LogP contribution in [0.4, 0.5) is 0 Å². The third-order valence-electron chi connectivity index (χ3n) is 3.34. The fourth-order valence-electron chi connectivity index (χ4n) is 2.29. The van der Waals surface area contributed by atoms with Crippen molar-refractivity contribution >= 4 is 0 Å². The SMILES string of the molecule is COc1ccc(C2(O)CCNCC2)c(OC)c1. The number of piperidine rings is 1. The first-order chi connectivity index (χ1) is 8.19. The van der Waals surface area contributed by atoms with E-state index >= 15 is 0 Å². The van der Waals surface area contributed by atoms with Crippen LogP contribution in [-0.4, -0.2) is 32.4 Å². The minimum absolute atomic E-state index is 0.689. The Hall–Kier alpha value is -1.26. The maximum Gasteiger partial charge on any atom is 0.128 e. The van der Waals surface area contributed by atoms with Gasteiger partial charge in [0.2, 0.25) is 0 Å². The molecule has 1 aromatic rings. The first kappa shape index (κ1) is 12.2. The van der Waals surface area contributed by atoms with Crippen LogP contribution >= 0.6 is 0 Å². The van der Waals surface area contributed by atoms with Crippen molar-refractivity contribution in [1.82, 2.24) is 5.32 Å². The highest BCUT2D eigenvalue weighted by Crippen LogP contribution is 2.38. The molecule has 0 aromatic heterocycles. The smallest absolute Gasteiger partial charge is 0.128 e. The molecule has 1 fully saturated rings. The van der Waals surface area contributed by atoms with Gasteiger partial charge in [0.05, 0.1) is 19.8 Å². The zero-order valence-electron chi connectivity index (χ0n) is 10.3. The second kappa shape index (κ2) is 4.94. The van der Waals surface area contributed by atoms with Crippen LogP contribution in [-0.2, 0) is 5.60 Å². The molecule has 17 heavy (non-hydrogen) atoms. The van der Waals surface area contributed by atoms with E-state index in [4.69, 9.17) is 9.47 Å².